The van der Waals surface area contributed by atoms with E-state index in [1.807, 2.05) is 19.2 Å². The van der Waals surface area contributed by atoms with E-state index in [0.717, 1.165) is 22.3 Å². The topological polar surface area (TPSA) is 22.0 Å². The molecule has 1 atom stereocenters. The van der Waals surface area contributed by atoms with Crippen LogP contribution in [0.3, 0.4) is 0 Å². The van der Waals surface area contributed by atoms with E-state index in [1.165, 1.54) is 0 Å². The summed E-state index contributed by atoms with van der Waals surface area (Å²) in [5.41, 5.74) is 0.854. The van der Waals surface area contributed by atoms with Crippen molar-refractivity contribution in [2.75, 3.05) is 5.75 Å². The van der Waals surface area contributed by atoms with Gasteiger partial charge in [0.25, 0.3) is 5.56 Å². The number of hydrogen-bond acceptors (Lipinski definition) is 2. The monoisotopic (exact) mass is 275 g/mol. The van der Waals surface area contributed by atoms with Crippen LogP contribution in [0, 0.1) is 12.8 Å². The average molecular weight is 276 g/mol. The standard InChI is InChI=1S/C10H14BrNOS/c1-7(6-14)4-12-5-9(11)3-8(2)10(12)13/h3,5,7,14H,4,6H2,1-2H3. The van der Waals surface area contributed by atoms with Crippen LogP contribution in [-0.4, -0.2) is 10.3 Å². The van der Waals surface area contributed by atoms with E-state index in [4.69, 9.17) is 0 Å². The van der Waals surface area contributed by atoms with Crippen molar-refractivity contribution in [1.29, 1.82) is 0 Å². The molecule has 1 aromatic heterocycles. The van der Waals surface area contributed by atoms with E-state index in [0.29, 0.717) is 5.92 Å². The molecular weight excluding hydrogens is 262 g/mol. The van der Waals surface area contributed by atoms with Gasteiger partial charge in [0.2, 0.25) is 0 Å². The first kappa shape index (κ1) is 11.9. The Kier molecular flexibility index (Phi) is 4.26. The van der Waals surface area contributed by atoms with Crippen molar-refractivity contribution in [2.45, 2.75) is 20.4 Å². The normalized spacial score (nSPS) is 12.9. The Morgan fingerprint density at radius 1 is 1.64 bits per heavy atom. The molecule has 0 fully saturated rings. The number of rotatable bonds is 3. The van der Waals surface area contributed by atoms with Gasteiger partial charge in [0.15, 0.2) is 0 Å². The molecule has 0 amide bonds. The highest BCUT2D eigenvalue weighted by molar-refractivity contribution is 9.10. The summed E-state index contributed by atoms with van der Waals surface area (Å²) in [6, 6.07) is 1.84. The van der Waals surface area contributed by atoms with Crippen LogP contribution in [-0.2, 0) is 6.54 Å². The zero-order chi connectivity index (χ0) is 10.7. The van der Waals surface area contributed by atoms with Crippen molar-refractivity contribution >= 4 is 28.6 Å². The first-order valence-electron chi connectivity index (χ1n) is 4.52. The molecule has 1 aromatic rings. The van der Waals surface area contributed by atoms with E-state index in [-0.39, 0.29) is 5.56 Å². The summed E-state index contributed by atoms with van der Waals surface area (Å²) < 4.78 is 2.68. The molecule has 14 heavy (non-hydrogen) atoms. The Hall–Kier alpha value is -0.220. The summed E-state index contributed by atoms with van der Waals surface area (Å²) in [7, 11) is 0. The lowest BCUT2D eigenvalue weighted by Gasteiger charge is -2.11. The highest BCUT2D eigenvalue weighted by atomic mass is 79.9. The minimum atomic E-state index is 0.0850. The third kappa shape index (κ3) is 2.89. The lowest BCUT2D eigenvalue weighted by molar-refractivity contribution is 0.516. The maximum Gasteiger partial charge on any atom is 0.253 e. The van der Waals surface area contributed by atoms with Crippen molar-refractivity contribution in [2.24, 2.45) is 5.92 Å². The molecule has 1 heterocycles. The summed E-state index contributed by atoms with van der Waals surface area (Å²) >= 11 is 7.58. The number of aryl methyl sites for hydroxylation is 1. The molecular formula is C10H14BrNOS. The Bertz CT molecular complexity index is 375. The molecule has 0 saturated carbocycles. The number of pyridine rings is 1. The number of halogens is 1. The van der Waals surface area contributed by atoms with E-state index in [9.17, 15) is 4.79 Å². The summed E-state index contributed by atoms with van der Waals surface area (Å²) in [6.45, 7) is 4.63. The van der Waals surface area contributed by atoms with Crippen LogP contribution in [0.2, 0.25) is 0 Å². The first-order valence-corrected chi connectivity index (χ1v) is 5.94. The van der Waals surface area contributed by atoms with Gasteiger partial charge in [-0.1, -0.05) is 6.92 Å². The first-order chi connectivity index (χ1) is 6.54. The highest BCUT2D eigenvalue weighted by Gasteiger charge is 2.05. The van der Waals surface area contributed by atoms with Crippen molar-refractivity contribution in [3.8, 4) is 0 Å². The van der Waals surface area contributed by atoms with Crippen LogP contribution >= 0.6 is 28.6 Å². The molecule has 0 saturated heterocycles. The van der Waals surface area contributed by atoms with Crippen molar-refractivity contribution < 1.29 is 0 Å². The van der Waals surface area contributed by atoms with Crippen LogP contribution in [0.15, 0.2) is 21.5 Å². The second-order valence-corrected chi connectivity index (χ2v) is 4.87. The molecule has 0 N–H and O–H groups in total. The summed E-state index contributed by atoms with van der Waals surface area (Å²) in [4.78, 5) is 11.7. The largest absolute Gasteiger partial charge is 0.314 e. The fourth-order valence-electron chi connectivity index (χ4n) is 1.27. The Balaban J connectivity index is 3.02. The van der Waals surface area contributed by atoms with E-state index >= 15 is 0 Å². The molecule has 0 radical (unpaired) electrons. The minimum absolute atomic E-state index is 0.0850. The lowest BCUT2D eigenvalue weighted by Crippen LogP contribution is -2.24. The molecule has 0 aliphatic heterocycles. The smallest absolute Gasteiger partial charge is 0.253 e. The lowest BCUT2D eigenvalue weighted by atomic mass is 10.2. The molecule has 0 spiro atoms. The number of hydrogen-bond donors (Lipinski definition) is 1. The fourth-order valence-corrected chi connectivity index (χ4v) is 1.97. The quantitative estimate of drug-likeness (QED) is 0.842. The summed E-state index contributed by atoms with van der Waals surface area (Å²) in [6.07, 6.45) is 1.83. The van der Waals surface area contributed by atoms with Gasteiger partial charge in [0, 0.05) is 22.8 Å². The van der Waals surface area contributed by atoms with Crippen LogP contribution in [0.1, 0.15) is 12.5 Å². The Morgan fingerprint density at radius 2 is 2.29 bits per heavy atom. The van der Waals surface area contributed by atoms with Gasteiger partial charge in [0.05, 0.1) is 0 Å². The summed E-state index contributed by atoms with van der Waals surface area (Å²) in [5, 5.41) is 0. The predicted octanol–water partition coefficient (Wildman–Crippen LogP) is 2.49. The molecule has 2 nitrogen and oxygen atoms in total. The molecule has 0 aromatic carbocycles. The average Bonchev–Trinajstić information content (AvgIpc) is 2.13. The zero-order valence-corrected chi connectivity index (χ0v) is 10.8. The Labute approximate surface area is 97.9 Å². The molecule has 1 rings (SSSR count). The van der Waals surface area contributed by atoms with Crippen molar-refractivity contribution in [1.82, 2.24) is 4.57 Å². The third-order valence-electron chi connectivity index (χ3n) is 2.05. The van der Waals surface area contributed by atoms with Gasteiger partial charge in [-0.25, -0.2) is 0 Å². The highest BCUT2D eigenvalue weighted by Crippen LogP contribution is 2.09. The SMILES string of the molecule is Cc1cc(Br)cn(CC(C)CS)c1=O. The van der Waals surface area contributed by atoms with Crippen LogP contribution in [0.5, 0.6) is 0 Å². The van der Waals surface area contributed by atoms with Gasteiger partial charge in [-0.2, -0.15) is 12.6 Å². The van der Waals surface area contributed by atoms with Gasteiger partial charge in [-0.3, -0.25) is 4.79 Å². The van der Waals surface area contributed by atoms with Crippen LogP contribution in [0.4, 0.5) is 0 Å². The van der Waals surface area contributed by atoms with Gasteiger partial charge in [0.1, 0.15) is 0 Å². The molecule has 0 aliphatic carbocycles. The number of aromatic nitrogens is 1. The molecule has 1 unspecified atom stereocenters. The maximum atomic E-state index is 11.7. The van der Waals surface area contributed by atoms with Gasteiger partial charge in [-0.05, 0) is 40.6 Å². The second-order valence-electron chi connectivity index (χ2n) is 3.59. The third-order valence-corrected chi connectivity index (χ3v) is 3.11. The van der Waals surface area contributed by atoms with E-state index in [2.05, 4.69) is 35.5 Å². The number of thiol groups is 1. The molecule has 4 heteroatoms. The summed E-state index contributed by atoms with van der Waals surface area (Å²) in [5.74, 6) is 1.20. The number of nitrogens with zero attached hydrogens (tertiary/aromatic N) is 1. The zero-order valence-electron chi connectivity index (χ0n) is 8.33. The minimum Gasteiger partial charge on any atom is -0.314 e. The second kappa shape index (κ2) is 5.03. The molecule has 0 bridgehead atoms. The van der Waals surface area contributed by atoms with E-state index < -0.39 is 0 Å². The molecule has 78 valence electrons. The maximum absolute atomic E-state index is 11.7. The van der Waals surface area contributed by atoms with Gasteiger partial charge in [-0.15, -0.1) is 0 Å². The van der Waals surface area contributed by atoms with Crippen molar-refractivity contribution in [3.63, 3.8) is 0 Å². The van der Waals surface area contributed by atoms with Crippen molar-refractivity contribution in [3.05, 3.63) is 32.7 Å². The van der Waals surface area contributed by atoms with Crippen LogP contribution < -0.4 is 5.56 Å². The van der Waals surface area contributed by atoms with Gasteiger partial charge >= 0.3 is 0 Å². The fraction of sp³-hybridized carbons (Fsp3) is 0.500. The van der Waals surface area contributed by atoms with E-state index in [1.54, 1.807) is 4.57 Å². The Morgan fingerprint density at radius 3 is 2.86 bits per heavy atom. The van der Waals surface area contributed by atoms with Crippen LogP contribution in [0.25, 0.3) is 0 Å². The predicted molar refractivity (Wildman–Crippen MR) is 66.2 cm³/mol. The molecule has 0 aliphatic rings. The van der Waals surface area contributed by atoms with Gasteiger partial charge < -0.3 is 4.57 Å².